The van der Waals surface area contributed by atoms with Crippen molar-refractivity contribution in [2.24, 2.45) is 5.84 Å². The molecule has 0 aliphatic carbocycles. The largest absolute Gasteiger partial charge is 0.433 e. The van der Waals surface area contributed by atoms with Crippen LogP contribution in [0.4, 0.5) is 24.5 Å². The zero-order valence-electron chi connectivity index (χ0n) is 10.5. The van der Waals surface area contributed by atoms with E-state index in [1.807, 2.05) is 0 Å². The smallest absolute Gasteiger partial charge is 0.323 e. The lowest BCUT2D eigenvalue weighted by Crippen LogP contribution is -2.18. The van der Waals surface area contributed by atoms with Crippen molar-refractivity contribution in [3.05, 3.63) is 48.0 Å². The number of carbonyl (C=O) groups excluding carboxylic acids is 1. The molecule has 110 valence electrons. The number of hydrogen-bond acceptors (Lipinski definition) is 5. The molecule has 0 spiro atoms. The molecule has 1 amide bonds. The zero-order valence-corrected chi connectivity index (χ0v) is 10.5. The Balaban J connectivity index is 2.16. The Bertz CT molecular complexity index is 642. The minimum atomic E-state index is -4.53. The van der Waals surface area contributed by atoms with Crippen LogP contribution < -0.4 is 16.6 Å². The number of carbonyl (C=O) groups is 1. The summed E-state index contributed by atoms with van der Waals surface area (Å²) in [5, 5.41) is 2.41. The average molecular weight is 297 g/mol. The van der Waals surface area contributed by atoms with Crippen molar-refractivity contribution in [2.45, 2.75) is 6.18 Å². The summed E-state index contributed by atoms with van der Waals surface area (Å²) in [4.78, 5) is 19.0. The van der Waals surface area contributed by atoms with Crippen LogP contribution >= 0.6 is 0 Å². The number of anilines is 2. The normalized spacial score (nSPS) is 11.0. The molecule has 21 heavy (non-hydrogen) atoms. The summed E-state index contributed by atoms with van der Waals surface area (Å²) in [6, 6.07) is 3.38. The van der Waals surface area contributed by atoms with Crippen LogP contribution in [0.3, 0.4) is 0 Å². The molecule has 2 heterocycles. The van der Waals surface area contributed by atoms with Crippen LogP contribution in [0.1, 0.15) is 16.1 Å². The van der Waals surface area contributed by atoms with E-state index in [-0.39, 0.29) is 11.3 Å². The lowest BCUT2D eigenvalue weighted by Gasteiger charge is -2.10. The fourth-order valence-electron chi connectivity index (χ4n) is 1.54. The Morgan fingerprint density at radius 1 is 1.19 bits per heavy atom. The molecule has 0 aromatic carbocycles. The van der Waals surface area contributed by atoms with Crippen molar-refractivity contribution in [3.63, 3.8) is 0 Å². The van der Waals surface area contributed by atoms with Gasteiger partial charge in [0, 0.05) is 12.4 Å². The number of nitrogens with one attached hydrogen (secondary N) is 2. The van der Waals surface area contributed by atoms with Gasteiger partial charge in [-0.2, -0.15) is 13.2 Å². The Kier molecular flexibility index (Phi) is 4.03. The lowest BCUT2D eigenvalue weighted by atomic mass is 10.2. The van der Waals surface area contributed by atoms with Crippen LogP contribution in [-0.4, -0.2) is 15.9 Å². The standard InChI is InChI=1S/C12H10F3N5O/c13-12(14,15)10-2-1-7(5-18-10)19-11(21)8-6-17-4-3-9(8)20-16/h1-6H,16H2,(H,17,20)(H,19,21). The van der Waals surface area contributed by atoms with Crippen molar-refractivity contribution in [1.82, 2.24) is 9.97 Å². The third-order valence-electron chi connectivity index (χ3n) is 2.53. The van der Waals surface area contributed by atoms with E-state index in [9.17, 15) is 18.0 Å². The third-order valence-corrected chi connectivity index (χ3v) is 2.53. The molecular formula is C12H10F3N5O. The quantitative estimate of drug-likeness (QED) is 0.595. The van der Waals surface area contributed by atoms with Crippen LogP contribution in [0.2, 0.25) is 0 Å². The summed E-state index contributed by atoms with van der Waals surface area (Å²) >= 11 is 0. The van der Waals surface area contributed by atoms with Gasteiger partial charge < -0.3 is 10.7 Å². The minimum absolute atomic E-state index is 0.125. The number of amides is 1. The van der Waals surface area contributed by atoms with Crippen LogP contribution in [0.15, 0.2) is 36.8 Å². The number of nitrogen functional groups attached to an aromatic ring is 1. The number of nitrogens with two attached hydrogens (primary N) is 1. The van der Waals surface area contributed by atoms with Gasteiger partial charge in [-0.15, -0.1) is 0 Å². The highest BCUT2D eigenvalue weighted by molar-refractivity contribution is 6.07. The topological polar surface area (TPSA) is 92.9 Å². The van der Waals surface area contributed by atoms with Crippen molar-refractivity contribution in [3.8, 4) is 0 Å². The highest BCUT2D eigenvalue weighted by atomic mass is 19.4. The summed E-state index contributed by atoms with van der Waals surface area (Å²) < 4.78 is 37.1. The highest BCUT2D eigenvalue weighted by Gasteiger charge is 2.32. The van der Waals surface area contributed by atoms with E-state index in [4.69, 9.17) is 5.84 Å². The molecule has 0 unspecified atom stereocenters. The van der Waals surface area contributed by atoms with Crippen molar-refractivity contribution >= 4 is 17.3 Å². The zero-order chi connectivity index (χ0) is 15.5. The second-order valence-electron chi connectivity index (χ2n) is 3.95. The molecular weight excluding hydrogens is 287 g/mol. The van der Waals surface area contributed by atoms with E-state index >= 15 is 0 Å². The summed E-state index contributed by atoms with van der Waals surface area (Å²) in [7, 11) is 0. The van der Waals surface area contributed by atoms with E-state index in [0.29, 0.717) is 5.69 Å². The van der Waals surface area contributed by atoms with Gasteiger partial charge in [0.2, 0.25) is 0 Å². The SMILES string of the molecule is NNc1ccncc1C(=O)Nc1ccc(C(F)(F)F)nc1. The summed E-state index contributed by atoms with van der Waals surface area (Å²) in [5.41, 5.74) is 1.90. The van der Waals surface area contributed by atoms with Crippen LogP contribution in [0.5, 0.6) is 0 Å². The number of hydrazine groups is 1. The minimum Gasteiger partial charge on any atom is -0.323 e. The van der Waals surface area contributed by atoms with Gasteiger partial charge in [0.05, 0.1) is 23.1 Å². The van der Waals surface area contributed by atoms with Gasteiger partial charge in [-0.25, -0.2) is 4.98 Å². The number of nitrogens with zero attached hydrogens (tertiary/aromatic N) is 2. The van der Waals surface area contributed by atoms with Crippen LogP contribution in [0, 0.1) is 0 Å². The Morgan fingerprint density at radius 2 is 1.95 bits per heavy atom. The molecule has 2 aromatic heterocycles. The molecule has 2 rings (SSSR count). The van der Waals surface area contributed by atoms with Crippen molar-refractivity contribution in [1.29, 1.82) is 0 Å². The van der Waals surface area contributed by atoms with Crippen molar-refractivity contribution < 1.29 is 18.0 Å². The van der Waals surface area contributed by atoms with E-state index in [1.165, 1.54) is 18.5 Å². The third kappa shape index (κ3) is 3.45. The predicted octanol–water partition coefficient (Wildman–Crippen LogP) is 2.03. The highest BCUT2D eigenvalue weighted by Crippen LogP contribution is 2.27. The number of aromatic nitrogens is 2. The number of hydrogen-bond donors (Lipinski definition) is 3. The molecule has 2 aromatic rings. The Labute approximate surface area is 117 Å². The van der Waals surface area contributed by atoms with E-state index < -0.39 is 17.8 Å². The number of alkyl halides is 3. The van der Waals surface area contributed by atoms with E-state index in [2.05, 4.69) is 20.7 Å². The van der Waals surface area contributed by atoms with Gasteiger partial charge in [-0.05, 0) is 18.2 Å². The molecule has 0 aliphatic heterocycles. The molecule has 4 N–H and O–H groups in total. The first-order chi connectivity index (χ1) is 9.91. The van der Waals surface area contributed by atoms with Crippen molar-refractivity contribution in [2.75, 3.05) is 10.7 Å². The second kappa shape index (κ2) is 5.75. The second-order valence-corrected chi connectivity index (χ2v) is 3.95. The molecule has 0 radical (unpaired) electrons. The summed E-state index contributed by atoms with van der Waals surface area (Å²) in [6.07, 6.45) is -0.886. The molecule has 6 nitrogen and oxygen atoms in total. The van der Waals surface area contributed by atoms with Crippen LogP contribution in [-0.2, 0) is 6.18 Å². The lowest BCUT2D eigenvalue weighted by molar-refractivity contribution is -0.141. The summed E-state index contributed by atoms with van der Waals surface area (Å²) in [5.74, 6) is 4.68. The predicted molar refractivity (Wildman–Crippen MR) is 69.2 cm³/mol. The maximum Gasteiger partial charge on any atom is 0.433 e. The first-order valence-electron chi connectivity index (χ1n) is 5.67. The number of rotatable bonds is 3. The molecule has 0 aliphatic rings. The fraction of sp³-hybridized carbons (Fsp3) is 0.0833. The van der Waals surface area contributed by atoms with Gasteiger partial charge in [-0.3, -0.25) is 15.6 Å². The van der Waals surface area contributed by atoms with Gasteiger partial charge in [0.25, 0.3) is 5.91 Å². The Morgan fingerprint density at radius 3 is 2.52 bits per heavy atom. The first kappa shape index (κ1) is 14.7. The van der Waals surface area contributed by atoms with Gasteiger partial charge >= 0.3 is 6.18 Å². The number of pyridine rings is 2. The fourth-order valence-corrected chi connectivity index (χ4v) is 1.54. The van der Waals surface area contributed by atoms with Gasteiger partial charge in [-0.1, -0.05) is 0 Å². The maximum atomic E-state index is 12.4. The van der Waals surface area contributed by atoms with Gasteiger partial charge in [0.15, 0.2) is 0 Å². The number of halogens is 3. The van der Waals surface area contributed by atoms with E-state index in [0.717, 1.165) is 18.3 Å². The first-order valence-corrected chi connectivity index (χ1v) is 5.67. The molecule has 0 bridgehead atoms. The van der Waals surface area contributed by atoms with Crippen LogP contribution in [0.25, 0.3) is 0 Å². The molecule has 0 saturated heterocycles. The molecule has 0 fully saturated rings. The molecule has 0 saturated carbocycles. The molecule has 9 heteroatoms. The monoisotopic (exact) mass is 297 g/mol. The Hall–Kier alpha value is -2.68. The maximum absolute atomic E-state index is 12.4. The summed E-state index contributed by atoms with van der Waals surface area (Å²) in [6.45, 7) is 0. The molecule has 0 atom stereocenters. The average Bonchev–Trinajstić information content (AvgIpc) is 2.46. The van der Waals surface area contributed by atoms with Gasteiger partial charge in [0.1, 0.15) is 5.69 Å². The van der Waals surface area contributed by atoms with E-state index in [1.54, 1.807) is 0 Å².